The lowest BCUT2D eigenvalue weighted by Crippen LogP contribution is -2.52. The number of carboxylic acid groups (broad SMARTS) is 1. The van der Waals surface area contributed by atoms with Crippen LogP contribution in [-0.2, 0) is 9.53 Å². The lowest BCUT2D eigenvalue weighted by Gasteiger charge is -2.31. The van der Waals surface area contributed by atoms with Crippen molar-refractivity contribution in [2.24, 2.45) is 5.92 Å². The van der Waals surface area contributed by atoms with E-state index in [1.165, 1.54) is 37.0 Å². The van der Waals surface area contributed by atoms with E-state index in [0.29, 0.717) is 13.1 Å². The highest BCUT2D eigenvalue weighted by atomic mass is 16.5. The Kier molecular flexibility index (Phi) is 5.64. The fraction of sp³-hybridized carbons (Fsp3) is 0.857. The zero-order valence-corrected chi connectivity index (χ0v) is 11.8. The summed E-state index contributed by atoms with van der Waals surface area (Å²) in [6, 6.07) is -0.171. The largest absolute Gasteiger partial charge is 0.479 e. The molecule has 2 fully saturated rings. The third-order valence-electron chi connectivity index (χ3n) is 4.18. The van der Waals surface area contributed by atoms with Crippen LogP contribution in [0.1, 0.15) is 38.5 Å². The summed E-state index contributed by atoms with van der Waals surface area (Å²) in [6.07, 6.45) is 6.63. The molecule has 2 aliphatic rings. The summed E-state index contributed by atoms with van der Waals surface area (Å²) in [7, 11) is 0. The van der Waals surface area contributed by atoms with Crippen molar-refractivity contribution in [3.05, 3.63) is 0 Å². The molecule has 1 unspecified atom stereocenters. The molecule has 0 radical (unpaired) electrons. The molecule has 0 aromatic heterocycles. The number of carboxylic acids is 1. The highest BCUT2D eigenvalue weighted by molar-refractivity contribution is 5.77. The van der Waals surface area contributed by atoms with Crippen molar-refractivity contribution >= 4 is 12.0 Å². The number of urea groups is 1. The highest BCUT2D eigenvalue weighted by Crippen LogP contribution is 2.25. The predicted molar refractivity (Wildman–Crippen MR) is 73.5 cm³/mol. The molecule has 1 saturated carbocycles. The summed E-state index contributed by atoms with van der Waals surface area (Å²) in [5.74, 6) is -0.273. The first kappa shape index (κ1) is 15.1. The van der Waals surface area contributed by atoms with E-state index in [-0.39, 0.29) is 19.2 Å². The summed E-state index contributed by atoms with van der Waals surface area (Å²) in [5.41, 5.74) is 0. The van der Waals surface area contributed by atoms with Crippen molar-refractivity contribution in [3.8, 4) is 0 Å². The molecule has 0 aromatic carbocycles. The average molecular weight is 284 g/mol. The minimum atomic E-state index is -1.01. The van der Waals surface area contributed by atoms with Gasteiger partial charge in [0.05, 0.1) is 13.2 Å². The third kappa shape index (κ3) is 4.37. The number of rotatable bonds is 4. The van der Waals surface area contributed by atoms with Gasteiger partial charge in [0, 0.05) is 13.1 Å². The van der Waals surface area contributed by atoms with Gasteiger partial charge in [0.25, 0.3) is 0 Å². The molecule has 1 saturated heterocycles. The van der Waals surface area contributed by atoms with Gasteiger partial charge in [-0.05, 0) is 12.3 Å². The Morgan fingerprint density at radius 1 is 1.25 bits per heavy atom. The van der Waals surface area contributed by atoms with Gasteiger partial charge >= 0.3 is 12.0 Å². The Bertz CT molecular complexity index is 342. The van der Waals surface area contributed by atoms with Crippen LogP contribution in [-0.4, -0.2) is 54.4 Å². The van der Waals surface area contributed by atoms with Gasteiger partial charge in [0.2, 0.25) is 0 Å². The zero-order chi connectivity index (χ0) is 14.4. The first-order chi connectivity index (χ1) is 9.66. The number of aliphatic carboxylic acids is 1. The van der Waals surface area contributed by atoms with Crippen molar-refractivity contribution in [1.82, 2.24) is 10.2 Å². The second-order valence-corrected chi connectivity index (χ2v) is 5.67. The smallest absolute Gasteiger partial charge is 0.334 e. The lowest BCUT2D eigenvalue weighted by atomic mass is 9.87. The van der Waals surface area contributed by atoms with E-state index in [9.17, 15) is 9.59 Å². The average Bonchev–Trinajstić information content (AvgIpc) is 2.48. The number of ether oxygens (including phenoxy) is 1. The van der Waals surface area contributed by atoms with E-state index in [1.807, 2.05) is 0 Å². The van der Waals surface area contributed by atoms with E-state index < -0.39 is 12.1 Å². The zero-order valence-electron chi connectivity index (χ0n) is 11.8. The maximum atomic E-state index is 12.0. The summed E-state index contributed by atoms with van der Waals surface area (Å²) in [5, 5.41) is 11.8. The van der Waals surface area contributed by atoms with Crippen LogP contribution in [0.4, 0.5) is 4.79 Å². The van der Waals surface area contributed by atoms with E-state index in [0.717, 1.165) is 12.3 Å². The maximum Gasteiger partial charge on any atom is 0.334 e. The van der Waals surface area contributed by atoms with Gasteiger partial charge in [-0.1, -0.05) is 32.1 Å². The van der Waals surface area contributed by atoms with Crippen LogP contribution in [0.25, 0.3) is 0 Å². The summed E-state index contributed by atoms with van der Waals surface area (Å²) < 4.78 is 5.10. The van der Waals surface area contributed by atoms with Crippen LogP contribution in [0.3, 0.4) is 0 Å². The number of amides is 2. The van der Waals surface area contributed by atoms with Gasteiger partial charge in [-0.3, -0.25) is 0 Å². The first-order valence-electron chi connectivity index (χ1n) is 7.54. The number of nitrogens with zero attached hydrogens (tertiary/aromatic N) is 1. The molecule has 1 aliphatic carbocycles. The molecule has 2 rings (SSSR count). The van der Waals surface area contributed by atoms with Crippen molar-refractivity contribution in [2.75, 3.05) is 26.2 Å². The second kappa shape index (κ2) is 7.47. The number of carbonyl (C=O) groups is 2. The minimum Gasteiger partial charge on any atom is -0.479 e. The summed E-state index contributed by atoms with van der Waals surface area (Å²) in [6.45, 7) is 1.55. The maximum absolute atomic E-state index is 12.0. The normalized spacial score (nSPS) is 24.4. The predicted octanol–water partition coefficient (Wildman–Crippen LogP) is 1.45. The van der Waals surface area contributed by atoms with Crippen molar-refractivity contribution in [1.29, 1.82) is 0 Å². The number of hydrogen-bond donors (Lipinski definition) is 2. The molecule has 6 nitrogen and oxygen atoms in total. The van der Waals surface area contributed by atoms with Crippen LogP contribution >= 0.6 is 0 Å². The van der Waals surface area contributed by atoms with E-state index in [1.54, 1.807) is 0 Å². The third-order valence-corrected chi connectivity index (χ3v) is 4.18. The Labute approximate surface area is 119 Å². The lowest BCUT2D eigenvalue weighted by molar-refractivity contribution is -0.154. The number of morpholine rings is 1. The van der Waals surface area contributed by atoms with Gasteiger partial charge in [-0.25, -0.2) is 9.59 Å². The van der Waals surface area contributed by atoms with Gasteiger partial charge in [-0.2, -0.15) is 0 Å². The SMILES string of the molecule is O=C(O)C1CN(C(=O)NCCC2CCCCC2)CCO1. The van der Waals surface area contributed by atoms with Crippen molar-refractivity contribution < 1.29 is 19.4 Å². The van der Waals surface area contributed by atoms with Crippen molar-refractivity contribution in [2.45, 2.75) is 44.6 Å². The Balaban J connectivity index is 1.67. The quantitative estimate of drug-likeness (QED) is 0.819. The van der Waals surface area contributed by atoms with Crippen LogP contribution in [0.15, 0.2) is 0 Å². The molecule has 1 heterocycles. The molecule has 2 N–H and O–H groups in total. The van der Waals surface area contributed by atoms with Gasteiger partial charge in [-0.15, -0.1) is 0 Å². The minimum absolute atomic E-state index is 0.130. The second-order valence-electron chi connectivity index (χ2n) is 5.67. The number of hydrogen-bond acceptors (Lipinski definition) is 3. The fourth-order valence-electron chi connectivity index (χ4n) is 2.95. The fourth-order valence-corrected chi connectivity index (χ4v) is 2.95. The number of nitrogens with one attached hydrogen (secondary N) is 1. The van der Waals surface area contributed by atoms with Gasteiger partial charge in [0.15, 0.2) is 6.10 Å². The van der Waals surface area contributed by atoms with Gasteiger partial charge in [0.1, 0.15) is 0 Å². The number of carbonyl (C=O) groups excluding carboxylic acids is 1. The summed E-state index contributed by atoms with van der Waals surface area (Å²) in [4.78, 5) is 24.4. The van der Waals surface area contributed by atoms with E-state index >= 15 is 0 Å². The molecule has 6 heteroatoms. The molecular weight excluding hydrogens is 260 g/mol. The van der Waals surface area contributed by atoms with Crippen molar-refractivity contribution in [3.63, 3.8) is 0 Å². The molecule has 0 spiro atoms. The Hall–Kier alpha value is -1.30. The van der Waals surface area contributed by atoms with Crippen LogP contribution in [0.2, 0.25) is 0 Å². The monoisotopic (exact) mass is 284 g/mol. The standard InChI is InChI=1S/C14H24N2O4/c17-13(18)12-10-16(8-9-20-12)14(19)15-7-6-11-4-2-1-3-5-11/h11-12H,1-10H2,(H,15,19)(H,17,18). The molecule has 2 amide bonds. The molecule has 1 aliphatic heterocycles. The Morgan fingerprint density at radius 3 is 2.70 bits per heavy atom. The Morgan fingerprint density at radius 2 is 2.00 bits per heavy atom. The van der Waals surface area contributed by atoms with E-state index in [4.69, 9.17) is 9.84 Å². The highest BCUT2D eigenvalue weighted by Gasteiger charge is 2.28. The van der Waals surface area contributed by atoms with Gasteiger partial charge < -0.3 is 20.1 Å². The molecule has 114 valence electrons. The molecule has 20 heavy (non-hydrogen) atoms. The first-order valence-corrected chi connectivity index (χ1v) is 7.54. The van der Waals surface area contributed by atoms with Crippen LogP contribution < -0.4 is 5.32 Å². The van der Waals surface area contributed by atoms with Crippen LogP contribution in [0.5, 0.6) is 0 Å². The molecular formula is C14H24N2O4. The summed E-state index contributed by atoms with van der Waals surface area (Å²) >= 11 is 0. The molecule has 0 bridgehead atoms. The molecule has 0 aromatic rings. The molecule has 1 atom stereocenters. The van der Waals surface area contributed by atoms with Crippen LogP contribution in [0, 0.1) is 5.92 Å². The van der Waals surface area contributed by atoms with E-state index in [2.05, 4.69) is 5.32 Å². The topological polar surface area (TPSA) is 78.9 Å².